The van der Waals surface area contributed by atoms with Crippen LogP contribution < -0.4 is 5.32 Å². The Morgan fingerprint density at radius 3 is 2.52 bits per heavy atom. The molecule has 1 aliphatic rings. The first-order chi connectivity index (χ1) is 10.8. The summed E-state index contributed by atoms with van der Waals surface area (Å²) in [5.74, 6) is -0.190. The third-order valence-corrected chi connectivity index (χ3v) is 3.73. The van der Waals surface area contributed by atoms with Gasteiger partial charge in [-0.25, -0.2) is 4.79 Å². The van der Waals surface area contributed by atoms with Crippen LogP contribution in [0.2, 0.25) is 0 Å². The number of carbonyl (C=O) groups is 1. The fourth-order valence-corrected chi connectivity index (χ4v) is 2.56. The van der Waals surface area contributed by atoms with Crippen molar-refractivity contribution in [3.05, 3.63) is 35.9 Å². The summed E-state index contributed by atoms with van der Waals surface area (Å²) in [6.07, 6.45) is -1.82. The molecule has 0 aliphatic carbocycles. The average Bonchev–Trinajstić information content (AvgIpc) is 2.42. The molecule has 1 aromatic carbocycles. The predicted molar refractivity (Wildman–Crippen MR) is 84.9 cm³/mol. The highest BCUT2D eigenvalue weighted by molar-refractivity contribution is 5.68. The van der Waals surface area contributed by atoms with Crippen molar-refractivity contribution in [2.45, 2.75) is 44.6 Å². The molecule has 6 nitrogen and oxygen atoms in total. The van der Waals surface area contributed by atoms with E-state index >= 15 is 0 Å². The second kappa shape index (κ2) is 7.29. The maximum Gasteiger partial charge on any atom is 0.408 e. The van der Waals surface area contributed by atoms with Crippen molar-refractivity contribution >= 4 is 6.09 Å². The molecule has 1 aromatic rings. The van der Waals surface area contributed by atoms with Crippen LogP contribution in [0.15, 0.2) is 30.3 Å². The van der Waals surface area contributed by atoms with E-state index < -0.39 is 23.8 Å². The van der Waals surface area contributed by atoms with E-state index in [2.05, 4.69) is 5.32 Å². The van der Waals surface area contributed by atoms with Gasteiger partial charge in [0.25, 0.3) is 0 Å². The summed E-state index contributed by atoms with van der Waals surface area (Å²) in [4.78, 5) is 11.8. The molecule has 0 unspecified atom stereocenters. The van der Waals surface area contributed by atoms with Gasteiger partial charge in [-0.15, -0.1) is 0 Å². The quantitative estimate of drug-likeness (QED) is 0.766. The lowest BCUT2D eigenvalue weighted by molar-refractivity contribution is -0.169. The molecule has 1 amide bonds. The molecule has 3 N–H and O–H groups in total. The molecule has 6 heteroatoms. The summed E-state index contributed by atoms with van der Waals surface area (Å²) in [6, 6.07) is 8.78. The smallest absolute Gasteiger partial charge is 0.408 e. The number of nitrogens with one attached hydrogen (secondary N) is 1. The summed E-state index contributed by atoms with van der Waals surface area (Å²) in [5, 5.41) is 22.5. The molecule has 0 aromatic heterocycles. The monoisotopic (exact) mass is 323 g/mol. The molecule has 1 fully saturated rings. The Hall–Kier alpha value is -1.63. The Labute approximate surface area is 136 Å². The van der Waals surface area contributed by atoms with Crippen LogP contribution in [0.4, 0.5) is 4.79 Å². The van der Waals surface area contributed by atoms with E-state index in [9.17, 15) is 15.0 Å². The van der Waals surface area contributed by atoms with Gasteiger partial charge in [0.2, 0.25) is 0 Å². The van der Waals surface area contributed by atoms with Gasteiger partial charge in [0.05, 0.1) is 31.5 Å². The average molecular weight is 323 g/mol. The van der Waals surface area contributed by atoms with Crippen molar-refractivity contribution in [3.63, 3.8) is 0 Å². The standard InChI is InChI=1S/C17H25NO5/c1-17(2,3)23-16(21)18-13(9-19)14(20)12-10-22-15(12)11-7-5-4-6-8-11/h4-8,12-15,19-20H,9-10H2,1-3H3,(H,18,21)/t12-,13-,14-,15-/m1/s1. The van der Waals surface area contributed by atoms with Gasteiger partial charge in [-0.05, 0) is 26.3 Å². The number of aliphatic hydroxyl groups excluding tert-OH is 2. The Bertz CT molecular complexity index is 513. The number of rotatable bonds is 5. The van der Waals surface area contributed by atoms with Crippen LogP contribution in [0.5, 0.6) is 0 Å². The van der Waals surface area contributed by atoms with Gasteiger partial charge in [-0.3, -0.25) is 0 Å². The number of hydrogen-bond acceptors (Lipinski definition) is 5. The zero-order valence-corrected chi connectivity index (χ0v) is 13.7. The van der Waals surface area contributed by atoms with Gasteiger partial charge < -0.3 is 25.0 Å². The minimum absolute atomic E-state index is 0.190. The van der Waals surface area contributed by atoms with Crippen LogP contribution in [0, 0.1) is 5.92 Å². The van der Waals surface area contributed by atoms with Crippen LogP contribution in [0.1, 0.15) is 32.4 Å². The highest BCUT2D eigenvalue weighted by atomic mass is 16.6. The maximum absolute atomic E-state index is 11.8. The van der Waals surface area contributed by atoms with Crippen molar-refractivity contribution in [2.24, 2.45) is 5.92 Å². The molecule has 2 rings (SSSR count). The number of ether oxygens (including phenoxy) is 2. The van der Waals surface area contributed by atoms with E-state index in [1.165, 1.54) is 0 Å². The fourth-order valence-electron chi connectivity index (χ4n) is 2.56. The topological polar surface area (TPSA) is 88.0 Å². The lowest BCUT2D eigenvalue weighted by Gasteiger charge is -2.42. The van der Waals surface area contributed by atoms with Gasteiger partial charge in [-0.2, -0.15) is 0 Å². The third kappa shape index (κ3) is 4.67. The van der Waals surface area contributed by atoms with Crippen molar-refractivity contribution in [3.8, 4) is 0 Å². The van der Waals surface area contributed by atoms with E-state index in [0.717, 1.165) is 5.56 Å². The van der Waals surface area contributed by atoms with Crippen LogP contribution in [0.25, 0.3) is 0 Å². The minimum Gasteiger partial charge on any atom is -0.444 e. The minimum atomic E-state index is -0.925. The van der Waals surface area contributed by atoms with E-state index in [0.29, 0.717) is 6.61 Å². The van der Waals surface area contributed by atoms with Crippen LogP contribution in [-0.4, -0.2) is 47.3 Å². The van der Waals surface area contributed by atoms with Gasteiger partial charge in [0, 0.05) is 5.92 Å². The summed E-state index contributed by atoms with van der Waals surface area (Å²) < 4.78 is 10.7. The molecular formula is C17H25NO5. The maximum atomic E-state index is 11.8. The first kappa shape index (κ1) is 17.7. The first-order valence-electron chi connectivity index (χ1n) is 7.77. The van der Waals surface area contributed by atoms with Gasteiger partial charge >= 0.3 is 6.09 Å². The summed E-state index contributed by atoms with van der Waals surface area (Å²) >= 11 is 0. The van der Waals surface area contributed by atoms with E-state index in [1.54, 1.807) is 20.8 Å². The van der Waals surface area contributed by atoms with Crippen LogP contribution in [0.3, 0.4) is 0 Å². The second-order valence-corrected chi connectivity index (χ2v) is 6.75. The number of amides is 1. The molecule has 0 radical (unpaired) electrons. The fraction of sp³-hybridized carbons (Fsp3) is 0.588. The van der Waals surface area contributed by atoms with Crippen LogP contribution in [-0.2, 0) is 9.47 Å². The molecule has 4 atom stereocenters. The molecule has 0 saturated carbocycles. The number of alkyl carbamates (subject to hydrolysis) is 1. The normalized spacial score (nSPS) is 23.5. The summed E-state index contributed by atoms with van der Waals surface area (Å²) in [5.41, 5.74) is 0.332. The molecule has 128 valence electrons. The van der Waals surface area contributed by atoms with E-state index in [4.69, 9.17) is 9.47 Å². The number of benzene rings is 1. The zero-order valence-electron chi connectivity index (χ0n) is 13.7. The van der Waals surface area contributed by atoms with E-state index in [1.807, 2.05) is 30.3 Å². The Morgan fingerprint density at radius 1 is 1.39 bits per heavy atom. The molecule has 23 heavy (non-hydrogen) atoms. The Kier molecular flexibility index (Phi) is 5.62. The molecular weight excluding hydrogens is 298 g/mol. The predicted octanol–water partition coefficient (Wildman–Crippen LogP) is 1.62. The zero-order chi connectivity index (χ0) is 17.0. The highest BCUT2D eigenvalue weighted by Gasteiger charge is 2.42. The van der Waals surface area contributed by atoms with E-state index in [-0.39, 0.29) is 18.6 Å². The largest absolute Gasteiger partial charge is 0.444 e. The van der Waals surface area contributed by atoms with Gasteiger partial charge in [0.15, 0.2) is 0 Å². The number of aliphatic hydroxyl groups is 2. The summed E-state index contributed by atoms with van der Waals surface area (Å²) in [6.45, 7) is 5.26. The van der Waals surface area contributed by atoms with Crippen molar-refractivity contribution in [1.82, 2.24) is 5.32 Å². The third-order valence-electron chi connectivity index (χ3n) is 3.73. The van der Waals surface area contributed by atoms with Crippen molar-refractivity contribution < 1.29 is 24.5 Å². The Morgan fingerprint density at radius 2 is 2.04 bits per heavy atom. The molecule has 1 saturated heterocycles. The number of carbonyl (C=O) groups excluding carboxylic acids is 1. The molecule has 0 bridgehead atoms. The first-order valence-corrected chi connectivity index (χ1v) is 7.77. The lowest BCUT2D eigenvalue weighted by atomic mass is 9.84. The van der Waals surface area contributed by atoms with Gasteiger partial charge in [-0.1, -0.05) is 30.3 Å². The molecule has 1 heterocycles. The molecule has 0 spiro atoms. The van der Waals surface area contributed by atoms with Crippen molar-refractivity contribution in [1.29, 1.82) is 0 Å². The Balaban J connectivity index is 1.97. The molecule has 1 aliphatic heterocycles. The number of hydrogen-bond donors (Lipinski definition) is 3. The summed E-state index contributed by atoms with van der Waals surface area (Å²) in [7, 11) is 0. The highest BCUT2D eigenvalue weighted by Crippen LogP contribution is 2.38. The second-order valence-electron chi connectivity index (χ2n) is 6.75. The SMILES string of the molecule is CC(C)(C)OC(=O)N[C@H](CO)[C@H](O)[C@H]1CO[C@@H]1c1ccccc1. The van der Waals surface area contributed by atoms with Crippen molar-refractivity contribution in [2.75, 3.05) is 13.2 Å². The van der Waals surface area contributed by atoms with Crippen LogP contribution >= 0.6 is 0 Å². The van der Waals surface area contributed by atoms with Gasteiger partial charge in [0.1, 0.15) is 5.60 Å². The lowest BCUT2D eigenvalue weighted by Crippen LogP contribution is -2.54.